The van der Waals surface area contributed by atoms with Crippen molar-refractivity contribution in [3.8, 4) is 62.0 Å². The van der Waals surface area contributed by atoms with Gasteiger partial charge in [0.2, 0.25) is 0 Å². The largest absolute Gasteiger partial charge is 0.507 e. The third-order valence-corrected chi connectivity index (χ3v) is 14.9. The zero-order valence-corrected chi connectivity index (χ0v) is 49.1. The summed E-state index contributed by atoms with van der Waals surface area (Å²) in [5, 5.41) is 14.1. The summed E-state index contributed by atoms with van der Waals surface area (Å²) in [5.74, 6) is 0.612. The fourth-order valence-electron chi connectivity index (χ4n) is 10.3. The van der Waals surface area contributed by atoms with E-state index in [4.69, 9.17) is 16.5 Å². The van der Waals surface area contributed by atoms with Crippen molar-refractivity contribution in [1.29, 1.82) is 0 Å². The molecule has 0 saturated carbocycles. The molecule has 0 radical (unpaired) electrons. The molecule has 0 spiro atoms. The van der Waals surface area contributed by atoms with Crippen LogP contribution in [0, 0.1) is 12.6 Å². The van der Waals surface area contributed by atoms with Crippen molar-refractivity contribution >= 4 is 38.5 Å². The number of rotatable bonds is 6. The maximum Gasteiger partial charge on any atom is 0.188 e. The minimum Gasteiger partial charge on any atom is -0.507 e. The molecule has 388 valence electrons. The maximum atomic E-state index is 11.6. The molecule has 0 fully saturated rings. The van der Waals surface area contributed by atoms with E-state index in [1.807, 2.05) is 6.20 Å². The molecular weight excluding hydrogens is 1110 g/mol. The van der Waals surface area contributed by atoms with Gasteiger partial charge in [0.05, 0.1) is 28.6 Å². The molecule has 0 atom stereocenters. The van der Waals surface area contributed by atoms with E-state index in [0.717, 1.165) is 67.0 Å². The van der Waals surface area contributed by atoms with Crippen molar-refractivity contribution in [3.63, 3.8) is 0 Å². The number of pyridine rings is 1. The Morgan fingerprint density at radius 3 is 1.72 bits per heavy atom. The van der Waals surface area contributed by atoms with E-state index in [2.05, 4.69) is 245 Å². The molecule has 0 aliphatic carbocycles. The molecule has 3 heterocycles. The van der Waals surface area contributed by atoms with Crippen molar-refractivity contribution in [2.45, 2.75) is 131 Å². The number of aromatic nitrogens is 4. The normalized spacial score (nSPS) is 12.6. The monoisotopic (exact) mass is 1180 g/mol. The van der Waals surface area contributed by atoms with E-state index in [-0.39, 0.29) is 53.9 Å². The van der Waals surface area contributed by atoms with Crippen LogP contribution in [0.1, 0.15) is 132 Å². The van der Waals surface area contributed by atoms with Crippen molar-refractivity contribution in [1.82, 2.24) is 19.1 Å². The molecule has 0 bridgehead atoms. The summed E-state index contributed by atoms with van der Waals surface area (Å²) >= 11 is 0. The number of nitrogens with zero attached hydrogens (tertiary/aromatic N) is 5. The Morgan fingerprint density at radius 1 is 0.487 bits per heavy atom. The van der Waals surface area contributed by atoms with Gasteiger partial charge < -0.3 is 9.67 Å². The topological polar surface area (TPSA) is 60.2 Å². The average molecular weight is 1180 g/mol. The number of fused-ring (bicyclic) bond motifs is 4. The van der Waals surface area contributed by atoms with Gasteiger partial charge in [-0.05, 0) is 128 Å². The maximum absolute atomic E-state index is 11.6. The second-order valence-electron chi connectivity index (χ2n) is 25.7. The van der Waals surface area contributed by atoms with Crippen molar-refractivity contribution < 1.29 is 26.2 Å². The third-order valence-electron chi connectivity index (χ3n) is 14.9. The van der Waals surface area contributed by atoms with Crippen LogP contribution in [-0.2, 0) is 48.1 Å². The van der Waals surface area contributed by atoms with Crippen LogP contribution in [0.3, 0.4) is 0 Å². The van der Waals surface area contributed by atoms with E-state index >= 15 is 0 Å². The Labute approximate surface area is 465 Å². The Kier molecular flexibility index (Phi) is 13.6. The molecule has 7 heteroatoms. The van der Waals surface area contributed by atoms with E-state index in [1.54, 1.807) is 18.2 Å². The molecule has 76 heavy (non-hydrogen) atoms. The third kappa shape index (κ3) is 9.96. The first-order valence-electron chi connectivity index (χ1n) is 26.3. The zero-order valence-electron chi connectivity index (χ0n) is 46.9. The Morgan fingerprint density at radius 2 is 1.09 bits per heavy atom. The fraction of sp³-hybridized carbons (Fsp3) is 0.290. The van der Waals surface area contributed by atoms with Gasteiger partial charge in [0.25, 0.3) is 0 Å². The van der Waals surface area contributed by atoms with Crippen LogP contribution in [0.2, 0.25) is 0 Å². The Balaban J connectivity index is 0.00000706. The van der Waals surface area contributed by atoms with Crippen molar-refractivity contribution in [2.75, 3.05) is 0 Å². The van der Waals surface area contributed by atoms with E-state index in [9.17, 15) is 5.11 Å². The number of aromatic hydroxyl groups is 1. The molecule has 7 aromatic carbocycles. The smallest absolute Gasteiger partial charge is 0.188 e. The molecular formula is C69H70N5OPt-. The number of hydrogen-bond donors (Lipinski definition) is 1. The van der Waals surface area contributed by atoms with Crippen LogP contribution >= 0.6 is 0 Å². The summed E-state index contributed by atoms with van der Waals surface area (Å²) in [7, 11) is 0. The summed E-state index contributed by atoms with van der Waals surface area (Å²) in [5.41, 5.74) is 18.1. The summed E-state index contributed by atoms with van der Waals surface area (Å²) in [6.07, 6.45) is 1.95. The summed E-state index contributed by atoms with van der Waals surface area (Å²) in [4.78, 5) is 14.4. The van der Waals surface area contributed by atoms with Gasteiger partial charge in [-0.15, -0.1) is 29.3 Å². The van der Waals surface area contributed by atoms with Gasteiger partial charge in [-0.25, -0.2) is 9.83 Å². The van der Waals surface area contributed by atoms with E-state index in [0.29, 0.717) is 17.1 Å². The minimum atomic E-state index is -0.229. The molecule has 6 nitrogen and oxygen atoms in total. The van der Waals surface area contributed by atoms with Crippen LogP contribution < -0.4 is 0 Å². The van der Waals surface area contributed by atoms with Gasteiger partial charge in [-0.3, -0.25) is 9.55 Å². The number of hydrogen-bond acceptors (Lipinski definition) is 3. The van der Waals surface area contributed by atoms with Crippen LogP contribution in [0.5, 0.6) is 5.75 Å². The Bertz CT molecular complexity index is 3890. The first-order valence-corrected chi connectivity index (χ1v) is 26.3. The first kappa shape index (κ1) is 53.8. The Hall–Kier alpha value is -7.06. The molecule has 0 unspecified atom stereocenters. The molecule has 10 aromatic rings. The zero-order chi connectivity index (χ0) is 53.7. The van der Waals surface area contributed by atoms with Crippen LogP contribution in [-0.4, -0.2) is 24.2 Å². The first-order chi connectivity index (χ1) is 35.2. The predicted molar refractivity (Wildman–Crippen MR) is 315 cm³/mol. The second-order valence-corrected chi connectivity index (χ2v) is 25.7. The van der Waals surface area contributed by atoms with Crippen molar-refractivity contribution in [3.05, 3.63) is 191 Å². The number of phenolic OH excluding ortho intramolecular Hbond substituents is 1. The number of phenols is 1. The molecule has 1 N–H and O–H groups in total. The molecule has 3 aromatic heterocycles. The van der Waals surface area contributed by atoms with E-state index < -0.39 is 0 Å². The number of benzene rings is 7. The van der Waals surface area contributed by atoms with Gasteiger partial charge in [0, 0.05) is 66.2 Å². The van der Waals surface area contributed by atoms with Gasteiger partial charge in [0.15, 0.2) is 5.69 Å². The standard InChI is InChI=1S/C69H70N5O.Pt/c1-65(2,3)45-25-27-59-55(38-45)56-40-49(69(13,14)15)39-54(63(56)73(59)51-21-18-17-19-22-51)42-29-30-71-58(34-42)44-31-43(32-46(33-44)66(4,5)6)53-23-20-24-60-62(53)72-64(57-41-50(70-16)26-28-61(57)75)74(60)52-36-47(67(7,8)9)35-48(37-52)68(10,11)12;/h17-30,32-41,75H,1-15H3;/q-1;. The van der Waals surface area contributed by atoms with Crippen LogP contribution in [0.25, 0.3) is 94.0 Å². The second kappa shape index (κ2) is 19.2. The summed E-state index contributed by atoms with van der Waals surface area (Å²) in [6, 6.07) is 53.5. The number of imidazole rings is 1. The van der Waals surface area contributed by atoms with Gasteiger partial charge in [-0.2, -0.15) is 0 Å². The average Bonchev–Trinajstić information content (AvgIpc) is 3.98. The molecule has 0 aliphatic heterocycles. The van der Waals surface area contributed by atoms with Gasteiger partial charge in [-0.1, -0.05) is 170 Å². The van der Waals surface area contributed by atoms with E-state index in [1.165, 1.54) is 38.5 Å². The molecule has 10 rings (SSSR count). The van der Waals surface area contributed by atoms with Gasteiger partial charge >= 0.3 is 0 Å². The molecule has 0 saturated heterocycles. The molecule has 0 aliphatic rings. The predicted octanol–water partition coefficient (Wildman–Crippen LogP) is 18.7. The van der Waals surface area contributed by atoms with Crippen LogP contribution in [0.15, 0.2) is 146 Å². The molecule has 0 amide bonds. The quantitative estimate of drug-likeness (QED) is 0.169. The fourth-order valence-corrected chi connectivity index (χ4v) is 10.3. The summed E-state index contributed by atoms with van der Waals surface area (Å²) < 4.78 is 4.61. The van der Waals surface area contributed by atoms with Gasteiger partial charge in [0.1, 0.15) is 11.6 Å². The SMILES string of the molecule is [C-]#[N+]c1ccc(O)c(-c2nc3c(-c4[c-]c(-c5cc(-c6cc(C(C)(C)C)cc7c8cc(C(C)(C)C)ccc8n(-c8ccccc8)c67)ccn5)cc(C(C)(C)C)c4)cccc3n2-c2cc(C(C)(C)C)cc(C(C)(C)C)c2)c1.[Pt]. The minimum absolute atomic E-state index is 0. The number of para-hydroxylation sites is 2. The van der Waals surface area contributed by atoms with Crippen molar-refractivity contribution in [2.24, 2.45) is 0 Å². The van der Waals surface area contributed by atoms with Crippen LogP contribution in [0.4, 0.5) is 5.69 Å². The summed E-state index contributed by atoms with van der Waals surface area (Å²) in [6.45, 7) is 41.9.